The van der Waals surface area contributed by atoms with Crippen LogP contribution in [0.2, 0.25) is 5.02 Å². The zero-order chi connectivity index (χ0) is 13.7. The number of carbonyl (C=O) groups is 1. The van der Waals surface area contributed by atoms with Crippen LogP contribution >= 0.6 is 11.6 Å². The minimum Gasteiger partial charge on any atom is -0.495 e. The van der Waals surface area contributed by atoms with Crippen LogP contribution in [0.3, 0.4) is 0 Å². The SMILES string of the molecule is COc1ccc(CNC(=O)c2cnccn2)cc1Cl. The average molecular weight is 278 g/mol. The highest BCUT2D eigenvalue weighted by Crippen LogP contribution is 2.24. The first kappa shape index (κ1) is 13.3. The summed E-state index contributed by atoms with van der Waals surface area (Å²) in [5.41, 5.74) is 1.16. The van der Waals surface area contributed by atoms with E-state index in [9.17, 15) is 4.79 Å². The van der Waals surface area contributed by atoms with Gasteiger partial charge >= 0.3 is 0 Å². The third-order valence-corrected chi connectivity index (χ3v) is 2.76. The Kier molecular flexibility index (Phi) is 4.30. The van der Waals surface area contributed by atoms with Crippen molar-refractivity contribution in [1.29, 1.82) is 0 Å². The maximum absolute atomic E-state index is 11.8. The summed E-state index contributed by atoms with van der Waals surface area (Å²) < 4.78 is 5.06. The second kappa shape index (κ2) is 6.15. The molecule has 1 aromatic carbocycles. The predicted molar refractivity (Wildman–Crippen MR) is 71.2 cm³/mol. The molecule has 0 aliphatic heterocycles. The molecule has 1 amide bonds. The molecule has 19 heavy (non-hydrogen) atoms. The van der Waals surface area contributed by atoms with Gasteiger partial charge in [-0.25, -0.2) is 4.98 Å². The number of nitrogens with one attached hydrogen (secondary N) is 1. The Morgan fingerprint density at radius 2 is 2.26 bits per heavy atom. The predicted octanol–water partition coefficient (Wildman–Crippen LogP) is 2.07. The number of aromatic nitrogens is 2. The van der Waals surface area contributed by atoms with Gasteiger partial charge in [0.2, 0.25) is 0 Å². The van der Waals surface area contributed by atoms with Crippen molar-refractivity contribution < 1.29 is 9.53 Å². The first-order chi connectivity index (χ1) is 9.20. The van der Waals surface area contributed by atoms with Crippen LogP contribution in [0.5, 0.6) is 5.75 Å². The quantitative estimate of drug-likeness (QED) is 0.929. The van der Waals surface area contributed by atoms with Crippen LogP contribution in [0, 0.1) is 0 Å². The molecule has 0 bridgehead atoms. The molecule has 2 aromatic rings. The van der Waals surface area contributed by atoms with E-state index in [1.165, 1.54) is 18.6 Å². The van der Waals surface area contributed by atoms with Gasteiger partial charge in [-0.3, -0.25) is 9.78 Å². The Morgan fingerprint density at radius 3 is 2.89 bits per heavy atom. The zero-order valence-electron chi connectivity index (χ0n) is 10.3. The topological polar surface area (TPSA) is 64.1 Å². The number of benzene rings is 1. The van der Waals surface area contributed by atoms with Crippen molar-refractivity contribution in [2.45, 2.75) is 6.54 Å². The monoisotopic (exact) mass is 277 g/mol. The van der Waals surface area contributed by atoms with Crippen molar-refractivity contribution >= 4 is 17.5 Å². The van der Waals surface area contributed by atoms with Crippen LogP contribution < -0.4 is 10.1 Å². The molecule has 0 unspecified atom stereocenters. The first-order valence-electron chi connectivity index (χ1n) is 5.57. The van der Waals surface area contributed by atoms with Crippen LogP contribution in [0.1, 0.15) is 16.1 Å². The van der Waals surface area contributed by atoms with Crippen LogP contribution in [0.15, 0.2) is 36.8 Å². The number of halogens is 1. The van der Waals surface area contributed by atoms with Crippen molar-refractivity contribution in [2.75, 3.05) is 7.11 Å². The Hall–Kier alpha value is -2.14. The second-order valence-electron chi connectivity index (χ2n) is 3.74. The fraction of sp³-hybridized carbons (Fsp3) is 0.154. The number of methoxy groups -OCH3 is 1. The molecule has 0 aliphatic carbocycles. The standard InChI is InChI=1S/C13H12ClN3O2/c1-19-12-3-2-9(6-10(12)14)7-17-13(18)11-8-15-4-5-16-11/h2-6,8H,7H2,1H3,(H,17,18). The molecule has 0 saturated heterocycles. The number of nitrogens with zero attached hydrogens (tertiary/aromatic N) is 2. The fourth-order valence-corrected chi connectivity index (χ4v) is 1.79. The van der Waals surface area contributed by atoms with E-state index in [2.05, 4.69) is 15.3 Å². The van der Waals surface area contributed by atoms with Gasteiger partial charge in [0, 0.05) is 18.9 Å². The lowest BCUT2D eigenvalue weighted by molar-refractivity contribution is 0.0945. The van der Waals surface area contributed by atoms with Gasteiger partial charge in [0.15, 0.2) is 0 Å². The summed E-state index contributed by atoms with van der Waals surface area (Å²) in [6.45, 7) is 0.360. The van der Waals surface area contributed by atoms with Gasteiger partial charge in [-0.15, -0.1) is 0 Å². The lowest BCUT2D eigenvalue weighted by Crippen LogP contribution is -2.23. The minimum atomic E-state index is -0.278. The van der Waals surface area contributed by atoms with E-state index in [4.69, 9.17) is 16.3 Å². The molecule has 1 aromatic heterocycles. The number of carbonyl (C=O) groups excluding carboxylic acids is 1. The summed E-state index contributed by atoms with van der Waals surface area (Å²) in [5, 5.41) is 3.25. The van der Waals surface area contributed by atoms with E-state index >= 15 is 0 Å². The molecule has 0 radical (unpaired) electrons. The summed E-state index contributed by atoms with van der Waals surface area (Å²) in [6.07, 6.45) is 4.40. The van der Waals surface area contributed by atoms with Crippen molar-refractivity contribution in [3.63, 3.8) is 0 Å². The number of ether oxygens (including phenoxy) is 1. The van der Waals surface area contributed by atoms with Crippen LogP contribution in [-0.4, -0.2) is 23.0 Å². The van der Waals surface area contributed by atoms with Gasteiger partial charge in [-0.05, 0) is 17.7 Å². The first-order valence-corrected chi connectivity index (χ1v) is 5.95. The maximum atomic E-state index is 11.8. The number of amides is 1. The summed E-state index contributed by atoms with van der Waals surface area (Å²) in [5.74, 6) is 0.325. The van der Waals surface area contributed by atoms with E-state index < -0.39 is 0 Å². The average Bonchev–Trinajstić information content (AvgIpc) is 2.46. The van der Waals surface area contributed by atoms with Gasteiger partial charge in [0.25, 0.3) is 5.91 Å². The molecule has 2 rings (SSSR count). The highest BCUT2D eigenvalue weighted by atomic mass is 35.5. The smallest absolute Gasteiger partial charge is 0.271 e. The highest BCUT2D eigenvalue weighted by molar-refractivity contribution is 6.32. The Morgan fingerprint density at radius 1 is 1.42 bits per heavy atom. The van der Waals surface area contributed by atoms with Crippen LogP contribution in [-0.2, 0) is 6.54 Å². The molecule has 6 heteroatoms. The van der Waals surface area contributed by atoms with Crippen molar-refractivity contribution in [2.24, 2.45) is 0 Å². The van der Waals surface area contributed by atoms with Crippen LogP contribution in [0.25, 0.3) is 0 Å². The molecular formula is C13H12ClN3O2. The van der Waals surface area contributed by atoms with E-state index in [-0.39, 0.29) is 11.6 Å². The van der Waals surface area contributed by atoms with Gasteiger partial charge in [0.05, 0.1) is 18.3 Å². The lowest BCUT2D eigenvalue weighted by Gasteiger charge is -2.07. The number of rotatable bonds is 4. The third-order valence-electron chi connectivity index (χ3n) is 2.47. The maximum Gasteiger partial charge on any atom is 0.271 e. The van der Waals surface area contributed by atoms with Crippen molar-refractivity contribution in [1.82, 2.24) is 15.3 Å². The third kappa shape index (κ3) is 3.42. The molecule has 5 nitrogen and oxygen atoms in total. The largest absolute Gasteiger partial charge is 0.495 e. The summed E-state index contributed by atoms with van der Waals surface area (Å²) in [4.78, 5) is 19.5. The summed E-state index contributed by atoms with van der Waals surface area (Å²) in [6, 6.07) is 5.34. The zero-order valence-corrected chi connectivity index (χ0v) is 11.0. The van der Waals surface area contributed by atoms with E-state index in [1.807, 2.05) is 6.07 Å². The molecular weight excluding hydrogens is 266 g/mol. The van der Waals surface area contributed by atoms with E-state index in [0.29, 0.717) is 17.3 Å². The molecule has 0 saturated carbocycles. The van der Waals surface area contributed by atoms with E-state index in [1.54, 1.807) is 19.2 Å². The summed E-state index contributed by atoms with van der Waals surface area (Å²) >= 11 is 6.00. The fourth-order valence-electron chi connectivity index (χ4n) is 1.51. The number of hydrogen-bond acceptors (Lipinski definition) is 4. The molecule has 1 heterocycles. The normalized spacial score (nSPS) is 10.0. The Bertz CT molecular complexity index is 575. The molecule has 0 fully saturated rings. The summed E-state index contributed by atoms with van der Waals surface area (Å²) in [7, 11) is 1.55. The lowest BCUT2D eigenvalue weighted by atomic mass is 10.2. The van der Waals surface area contributed by atoms with Crippen LogP contribution in [0.4, 0.5) is 0 Å². The Balaban J connectivity index is 1.99. The van der Waals surface area contributed by atoms with Crippen molar-refractivity contribution in [3.05, 3.63) is 53.1 Å². The molecule has 0 atom stereocenters. The number of hydrogen-bond donors (Lipinski definition) is 1. The molecule has 0 aliphatic rings. The molecule has 1 N–H and O–H groups in total. The Labute approximate surface area is 115 Å². The second-order valence-corrected chi connectivity index (χ2v) is 4.15. The van der Waals surface area contributed by atoms with E-state index in [0.717, 1.165) is 5.56 Å². The van der Waals surface area contributed by atoms with Gasteiger partial charge in [-0.2, -0.15) is 0 Å². The molecule has 98 valence electrons. The minimum absolute atomic E-state index is 0.278. The highest BCUT2D eigenvalue weighted by Gasteiger charge is 2.07. The van der Waals surface area contributed by atoms with Crippen molar-refractivity contribution in [3.8, 4) is 5.75 Å². The van der Waals surface area contributed by atoms with Gasteiger partial charge in [0.1, 0.15) is 11.4 Å². The molecule has 0 spiro atoms. The van der Waals surface area contributed by atoms with Gasteiger partial charge in [-0.1, -0.05) is 17.7 Å². The van der Waals surface area contributed by atoms with Gasteiger partial charge < -0.3 is 10.1 Å².